The van der Waals surface area contributed by atoms with E-state index in [1.54, 1.807) is 54.6 Å². The van der Waals surface area contributed by atoms with Crippen LogP contribution in [0.5, 0.6) is 0 Å². The van der Waals surface area contributed by atoms with Crippen LogP contribution in [0, 0.1) is 0 Å². The third-order valence-corrected chi connectivity index (χ3v) is 4.63. The number of aliphatic imine (C=N–C) groups is 2. The van der Waals surface area contributed by atoms with E-state index in [4.69, 9.17) is 11.5 Å². The molecule has 11 heteroatoms. The first kappa shape index (κ1) is 24.5. The molecule has 0 saturated carbocycles. The zero-order chi connectivity index (χ0) is 25.4. The van der Waals surface area contributed by atoms with Gasteiger partial charge in [0.25, 0.3) is 5.91 Å². The lowest BCUT2D eigenvalue weighted by Crippen LogP contribution is -2.40. The molecule has 3 aromatic carbocycles. The summed E-state index contributed by atoms with van der Waals surface area (Å²) in [7, 11) is 1.54. The molecule has 0 saturated heterocycles. The SMILES string of the molecule is C=CC(=O)Nc1ccc2cc(NC(=O)N/C(N)=N\C(N)=Nc3ccc(C(=O)NC)cc3)ccc2c1. The summed E-state index contributed by atoms with van der Waals surface area (Å²) in [5, 5.41) is 12.0. The van der Waals surface area contributed by atoms with E-state index in [-0.39, 0.29) is 23.7 Å². The van der Waals surface area contributed by atoms with Gasteiger partial charge in [-0.3, -0.25) is 14.9 Å². The Hall–Kier alpha value is -5.19. The number of hydrogen-bond donors (Lipinski definition) is 6. The van der Waals surface area contributed by atoms with Gasteiger partial charge in [-0.15, -0.1) is 0 Å². The fourth-order valence-corrected chi connectivity index (χ4v) is 3.01. The van der Waals surface area contributed by atoms with Crippen molar-refractivity contribution in [3.63, 3.8) is 0 Å². The van der Waals surface area contributed by atoms with Crippen molar-refractivity contribution in [2.45, 2.75) is 0 Å². The first-order valence-corrected chi connectivity index (χ1v) is 10.3. The average molecular weight is 473 g/mol. The number of amides is 4. The molecular formula is C24H24N8O3. The highest BCUT2D eigenvalue weighted by molar-refractivity contribution is 6.06. The molecule has 0 aromatic heterocycles. The van der Waals surface area contributed by atoms with Crippen molar-refractivity contribution in [3.8, 4) is 0 Å². The van der Waals surface area contributed by atoms with Crippen LogP contribution in [0.4, 0.5) is 21.9 Å². The third-order valence-electron chi connectivity index (χ3n) is 4.63. The second-order valence-corrected chi connectivity index (χ2v) is 7.14. The molecule has 4 amide bonds. The van der Waals surface area contributed by atoms with Crippen molar-refractivity contribution < 1.29 is 14.4 Å². The summed E-state index contributed by atoms with van der Waals surface area (Å²) in [4.78, 5) is 43.2. The van der Waals surface area contributed by atoms with Crippen LogP contribution in [0.2, 0.25) is 0 Å². The van der Waals surface area contributed by atoms with E-state index in [0.717, 1.165) is 10.8 Å². The smallest absolute Gasteiger partial charge is 0.325 e. The van der Waals surface area contributed by atoms with Crippen LogP contribution in [0.15, 0.2) is 83.3 Å². The fourth-order valence-electron chi connectivity index (χ4n) is 3.01. The molecule has 3 rings (SSSR count). The summed E-state index contributed by atoms with van der Waals surface area (Å²) in [6.07, 6.45) is 1.19. The number of nitrogens with one attached hydrogen (secondary N) is 4. The van der Waals surface area contributed by atoms with Crippen molar-refractivity contribution in [1.82, 2.24) is 10.6 Å². The van der Waals surface area contributed by atoms with Crippen molar-refractivity contribution in [2.24, 2.45) is 21.5 Å². The van der Waals surface area contributed by atoms with Crippen LogP contribution in [-0.2, 0) is 4.79 Å². The summed E-state index contributed by atoms with van der Waals surface area (Å²) in [6.45, 7) is 3.42. The molecule has 0 aliphatic heterocycles. The van der Waals surface area contributed by atoms with Gasteiger partial charge < -0.3 is 27.4 Å². The number of benzene rings is 3. The van der Waals surface area contributed by atoms with Crippen LogP contribution < -0.4 is 32.7 Å². The predicted octanol–water partition coefficient (Wildman–Crippen LogP) is 2.41. The van der Waals surface area contributed by atoms with Crippen LogP contribution in [0.1, 0.15) is 10.4 Å². The normalized spacial score (nSPS) is 11.5. The molecule has 3 aromatic rings. The highest BCUT2D eigenvalue weighted by atomic mass is 16.2. The monoisotopic (exact) mass is 472 g/mol. The minimum absolute atomic E-state index is 0.180. The second-order valence-electron chi connectivity index (χ2n) is 7.14. The summed E-state index contributed by atoms with van der Waals surface area (Å²) in [6, 6.07) is 16.4. The van der Waals surface area contributed by atoms with Gasteiger partial charge in [-0.05, 0) is 65.4 Å². The third kappa shape index (κ3) is 6.89. The number of carbonyl (C=O) groups excluding carboxylic acids is 3. The molecule has 0 aliphatic carbocycles. The van der Waals surface area contributed by atoms with Crippen molar-refractivity contribution in [2.75, 3.05) is 17.7 Å². The maximum absolute atomic E-state index is 12.3. The highest BCUT2D eigenvalue weighted by Gasteiger charge is 2.07. The molecule has 11 nitrogen and oxygen atoms in total. The van der Waals surface area contributed by atoms with Gasteiger partial charge in [0.15, 0.2) is 0 Å². The van der Waals surface area contributed by atoms with Crippen LogP contribution in [-0.4, -0.2) is 36.8 Å². The van der Waals surface area contributed by atoms with E-state index in [1.807, 2.05) is 6.07 Å². The van der Waals surface area contributed by atoms with Gasteiger partial charge in [-0.25, -0.2) is 9.79 Å². The number of rotatable bonds is 5. The van der Waals surface area contributed by atoms with Gasteiger partial charge in [0.2, 0.25) is 17.8 Å². The second kappa shape index (κ2) is 11.1. The molecule has 0 bridgehead atoms. The Morgan fingerprint density at radius 3 is 2.06 bits per heavy atom. The number of carbonyl (C=O) groups is 3. The highest BCUT2D eigenvalue weighted by Crippen LogP contribution is 2.23. The fraction of sp³-hybridized carbons (Fsp3) is 0.0417. The van der Waals surface area contributed by atoms with E-state index >= 15 is 0 Å². The number of anilines is 2. The van der Waals surface area contributed by atoms with Crippen molar-refractivity contribution >= 4 is 57.6 Å². The molecule has 0 atom stereocenters. The molecule has 0 spiro atoms. The summed E-state index contributed by atoms with van der Waals surface area (Å²) in [5.41, 5.74) is 13.6. The maximum Gasteiger partial charge on any atom is 0.325 e. The minimum Gasteiger partial charge on any atom is -0.369 e. The minimum atomic E-state index is -0.622. The van der Waals surface area contributed by atoms with Gasteiger partial charge in [0, 0.05) is 24.0 Å². The molecule has 0 radical (unpaired) electrons. The number of fused-ring (bicyclic) bond motifs is 1. The zero-order valence-electron chi connectivity index (χ0n) is 18.8. The van der Waals surface area contributed by atoms with Gasteiger partial charge in [0.1, 0.15) is 0 Å². The van der Waals surface area contributed by atoms with E-state index in [2.05, 4.69) is 37.8 Å². The van der Waals surface area contributed by atoms with Gasteiger partial charge in [0.05, 0.1) is 5.69 Å². The Morgan fingerprint density at radius 1 is 0.886 bits per heavy atom. The molecule has 0 heterocycles. The lowest BCUT2D eigenvalue weighted by molar-refractivity contribution is -0.111. The quantitative estimate of drug-likeness (QED) is 0.189. The molecule has 178 valence electrons. The molecule has 0 unspecified atom stereocenters. The number of hydrogen-bond acceptors (Lipinski definition) is 4. The molecule has 0 fully saturated rings. The van der Waals surface area contributed by atoms with E-state index in [0.29, 0.717) is 22.6 Å². The Balaban J connectivity index is 1.61. The standard InChI is InChI=1S/C24H24N8O3/c1-3-20(33)28-18-10-6-16-13-19(11-7-15(16)12-18)30-24(35)32-23(26)31-22(25)29-17-8-4-14(5-9-17)21(34)27-2/h3-13H,1H2,2H3,(H,27,34)(H,28,33)(H6,25,26,29,30,31,32,35). The lowest BCUT2D eigenvalue weighted by Gasteiger charge is -2.09. The van der Waals surface area contributed by atoms with Crippen LogP contribution >= 0.6 is 0 Å². The first-order valence-electron chi connectivity index (χ1n) is 10.3. The number of guanidine groups is 2. The Bertz CT molecular complexity index is 1350. The van der Waals surface area contributed by atoms with Crippen LogP contribution in [0.3, 0.4) is 0 Å². The molecule has 35 heavy (non-hydrogen) atoms. The topological polar surface area (TPSA) is 176 Å². The summed E-state index contributed by atoms with van der Waals surface area (Å²) < 4.78 is 0. The maximum atomic E-state index is 12.3. The van der Waals surface area contributed by atoms with Gasteiger partial charge in [-0.1, -0.05) is 18.7 Å². The van der Waals surface area contributed by atoms with Crippen LogP contribution in [0.25, 0.3) is 10.8 Å². The first-order chi connectivity index (χ1) is 16.8. The summed E-state index contributed by atoms with van der Waals surface area (Å²) >= 11 is 0. The van der Waals surface area contributed by atoms with Gasteiger partial charge in [-0.2, -0.15) is 4.99 Å². The lowest BCUT2D eigenvalue weighted by atomic mass is 10.1. The van der Waals surface area contributed by atoms with E-state index < -0.39 is 6.03 Å². The van der Waals surface area contributed by atoms with E-state index in [9.17, 15) is 14.4 Å². The zero-order valence-corrected chi connectivity index (χ0v) is 18.8. The largest absolute Gasteiger partial charge is 0.369 e. The number of urea groups is 1. The Kier molecular flexibility index (Phi) is 7.75. The molecule has 8 N–H and O–H groups in total. The average Bonchev–Trinajstić information content (AvgIpc) is 2.83. The number of nitrogens with zero attached hydrogens (tertiary/aromatic N) is 2. The number of nitrogens with two attached hydrogens (primary N) is 2. The van der Waals surface area contributed by atoms with Gasteiger partial charge >= 0.3 is 6.03 Å². The van der Waals surface area contributed by atoms with Crippen molar-refractivity contribution in [3.05, 3.63) is 78.9 Å². The van der Waals surface area contributed by atoms with E-state index in [1.165, 1.54) is 13.1 Å². The Labute approximate surface area is 201 Å². The summed E-state index contributed by atoms with van der Waals surface area (Å²) in [5.74, 6) is -0.961. The predicted molar refractivity (Wildman–Crippen MR) is 138 cm³/mol. The Morgan fingerprint density at radius 2 is 1.49 bits per heavy atom. The van der Waals surface area contributed by atoms with Crippen molar-refractivity contribution in [1.29, 1.82) is 0 Å². The molecule has 0 aliphatic rings. The molecular weight excluding hydrogens is 448 g/mol.